The minimum absolute atomic E-state index is 0.0187. The van der Waals surface area contributed by atoms with Crippen LogP contribution in [-0.2, 0) is 40.0 Å². The van der Waals surface area contributed by atoms with E-state index in [-0.39, 0.29) is 49.2 Å². The lowest BCUT2D eigenvalue weighted by Gasteiger charge is -2.19. The van der Waals surface area contributed by atoms with Gasteiger partial charge in [0.1, 0.15) is 22.9 Å². The van der Waals surface area contributed by atoms with Crippen molar-refractivity contribution in [2.45, 2.75) is 52.1 Å². The number of anilines is 1. The van der Waals surface area contributed by atoms with E-state index in [1.807, 2.05) is 0 Å². The van der Waals surface area contributed by atoms with Crippen LogP contribution in [0.2, 0.25) is 0 Å². The van der Waals surface area contributed by atoms with Gasteiger partial charge in [-0.3, -0.25) is 50.0 Å². The molecular formula is C42H37F10N5O14. The van der Waals surface area contributed by atoms with Gasteiger partial charge < -0.3 is 25.8 Å². The van der Waals surface area contributed by atoms with Gasteiger partial charge in [-0.2, -0.15) is 35.1 Å². The summed E-state index contributed by atoms with van der Waals surface area (Å²) in [6.45, 7) is 4.56. The number of esters is 1. The molecule has 0 saturated heterocycles. The maximum absolute atomic E-state index is 13.3. The number of hydrogen-bond acceptors (Lipinski definition) is 14. The van der Waals surface area contributed by atoms with Crippen molar-refractivity contribution in [3.05, 3.63) is 188 Å². The summed E-state index contributed by atoms with van der Waals surface area (Å²) in [5, 5.41) is 66.1. The number of ether oxygens (including phenoxy) is 1. The van der Waals surface area contributed by atoms with Gasteiger partial charge in [-0.1, -0.05) is 6.07 Å². The first-order chi connectivity index (χ1) is 32.8. The van der Waals surface area contributed by atoms with Gasteiger partial charge in [0.15, 0.2) is 0 Å². The van der Waals surface area contributed by atoms with Crippen molar-refractivity contribution in [2.24, 2.45) is 0 Å². The molecule has 71 heavy (non-hydrogen) atoms. The number of benzene rings is 5. The van der Waals surface area contributed by atoms with Gasteiger partial charge >= 0.3 is 34.7 Å². The third-order valence-corrected chi connectivity index (χ3v) is 7.96. The number of rotatable bonds is 12. The van der Waals surface area contributed by atoms with Gasteiger partial charge in [-0.05, 0) is 117 Å². The van der Waals surface area contributed by atoms with Crippen molar-refractivity contribution in [3.63, 3.8) is 0 Å². The maximum Gasteiger partial charge on any atom is 0.340 e. The minimum Gasteiger partial charge on any atom is -0.481 e. The summed E-state index contributed by atoms with van der Waals surface area (Å²) < 4.78 is 134. The zero-order chi connectivity index (χ0) is 54.7. The van der Waals surface area contributed by atoms with Crippen molar-refractivity contribution in [1.29, 1.82) is 0 Å². The number of carbonyl (C=O) groups is 2. The number of carboxylic acids is 1. The van der Waals surface area contributed by atoms with Gasteiger partial charge in [0.25, 0.3) is 0 Å². The molecule has 0 amide bonds. The van der Waals surface area contributed by atoms with E-state index in [1.165, 1.54) is 0 Å². The number of aliphatic hydroxyl groups excluding tert-OH is 2. The molecule has 0 aliphatic heterocycles. The van der Waals surface area contributed by atoms with Crippen LogP contribution >= 0.6 is 0 Å². The fourth-order valence-corrected chi connectivity index (χ4v) is 5.15. The zero-order valence-electron chi connectivity index (χ0n) is 36.6. The molecule has 0 radical (unpaired) electrons. The number of aliphatic carboxylic acids is 1. The van der Waals surface area contributed by atoms with Crippen molar-refractivity contribution < 1.29 is 93.2 Å². The maximum atomic E-state index is 13.3. The van der Waals surface area contributed by atoms with Crippen LogP contribution in [0.15, 0.2) is 66.7 Å². The number of nitrogen functional groups attached to an aromatic ring is 1. The van der Waals surface area contributed by atoms with Crippen LogP contribution in [-0.4, -0.2) is 65.8 Å². The minimum atomic E-state index is -1.38. The number of hydrogen-bond donors (Lipinski definition) is 4. The number of para-hydroxylation sites is 1. The third kappa shape index (κ3) is 20.0. The smallest absolute Gasteiger partial charge is 0.340 e. The number of carbonyl (C=O) groups excluding carboxylic acids is 1. The summed E-state index contributed by atoms with van der Waals surface area (Å²) in [7, 11) is 0. The lowest BCUT2D eigenvalue weighted by atomic mass is 10.1. The fraction of sp³-hybridized carbons (Fsp3) is 0.238. The van der Waals surface area contributed by atoms with E-state index in [2.05, 4.69) is 0 Å². The molecule has 5 N–H and O–H groups in total. The quantitative estimate of drug-likeness (QED) is 0.0299. The van der Waals surface area contributed by atoms with Gasteiger partial charge in [-0.15, -0.1) is 0 Å². The second kappa shape index (κ2) is 27.6. The highest BCUT2D eigenvalue weighted by Gasteiger charge is 2.25. The number of nitrogens with two attached hydrogens (primary N) is 1. The van der Waals surface area contributed by atoms with Crippen molar-refractivity contribution in [1.82, 2.24) is 0 Å². The van der Waals surface area contributed by atoms with E-state index < -0.39 is 130 Å². The van der Waals surface area contributed by atoms with Crippen LogP contribution in [0.5, 0.6) is 0 Å². The standard InChI is InChI=1S/C12H13F2NO4.C8H5F2NO4.C8H7F2NO3.C8H9F2NO.C6H3F2NO2/c1-12(2,3)19-10(16)6-7-4-8(13)11(15(17)18)9(14)5-7;9-5-1-4(3-7(12)13)2-6(10)8(5)11(14)15;9-6-3-5(1-2-12)4-7(10)8(6)11(13)14;9-6-3-5(1-2-12)4-7(10)8(6)11;7-4-2-1-3-5(8)6(4)9(10)11/h4-5H,6H2,1-3H3;1-2H,3H2,(H,12,13);3-4,12H,1-2H2;3-4,12H,1-2,11H2;1-3H. The lowest BCUT2D eigenvalue weighted by molar-refractivity contribution is -0.390. The average molecular weight is 1030 g/mol. The van der Waals surface area contributed by atoms with E-state index in [0.29, 0.717) is 17.7 Å². The highest BCUT2D eigenvalue weighted by atomic mass is 19.2. The molecule has 0 heterocycles. The molecule has 384 valence electrons. The van der Waals surface area contributed by atoms with E-state index in [0.717, 1.165) is 54.6 Å². The predicted octanol–water partition coefficient (Wildman–Crippen LogP) is 8.62. The molecule has 0 bridgehead atoms. The third-order valence-electron chi connectivity index (χ3n) is 7.96. The monoisotopic (exact) mass is 1030 g/mol. The van der Waals surface area contributed by atoms with Crippen LogP contribution in [0.4, 0.5) is 72.3 Å². The average Bonchev–Trinajstić information content (AvgIpc) is 3.19. The first kappa shape index (κ1) is 60.7. The highest BCUT2D eigenvalue weighted by molar-refractivity contribution is 5.73. The van der Waals surface area contributed by atoms with Crippen LogP contribution in [0.1, 0.15) is 43.0 Å². The van der Waals surface area contributed by atoms with E-state index in [4.69, 9.17) is 25.8 Å². The molecule has 29 heteroatoms. The van der Waals surface area contributed by atoms with Crippen LogP contribution in [0.25, 0.3) is 0 Å². The molecule has 0 fully saturated rings. The van der Waals surface area contributed by atoms with Gasteiger partial charge in [0.05, 0.1) is 32.5 Å². The summed E-state index contributed by atoms with van der Waals surface area (Å²) in [6.07, 6.45) is -0.658. The summed E-state index contributed by atoms with van der Waals surface area (Å²) >= 11 is 0. The fourth-order valence-electron chi connectivity index (χ4n) is 5.15. The van der Waals surface area contributed by atoms with E-state index in [9.17, 15) is 94.0 Å². The summed E-state index contributed by atoms with van der Waals surface area (Å²) in [5.74, 6) is -13.7. The summed E-state index contributed by atoms with van der Waals surface area (Å²) in [4.78, 5) is 57.9. The molecule has 0 saturated carbocycles. The second-order valence-electron chi connectivity index (χ2n) is 14.6. The lowest BCUT2D eigenvalue weighted by Crippen LogP contribution is -2.25. The Kier molecular flexibility index (Phi) is 23.6. The highest BCUT2D eigenvalue weighted by Crippen LogP contribution is 2.26. The van der Waals surface area contributed by atoms with Crippen LogP contribution < -0.4 is 5.73 Å². The number of carboxylic acid groups (broad SMARTS) is 1. The Bertz CT molecular complexity index is 2650. The largest absolute Gasteiger partial charge is 0.481 e. The topological polar surface area (TPSA) is 303 Å². The Morgan fingerprint density at radius 3 is 1.03 bits per heavy atom. The summed E-state index contributed by atoms with van der Waals surface area (Å²) in [6, 6.07) is 9.44. The van der Waals surface area contributed by atoms with Crippen LogP contribution in [0, 0.1) is 98.6 Å². The Morgan fingerprint density at radius 2 is 0.775 bits per heavy atom. The second-order valence-corrected chi connectivity index (χ2v) is 14.6. The Morgan fingerprint density at radius 1 is 0.507 bits per heavy atom. The van der Waals surface area contributed by atoms with E-state index in [1.54, 1.807) is 20.8 Å². The molecule has 19 nitrogen and oxygen atoms in total. The first-order valence-electron chi connectivity index (χ1n) is 19.2. The SMILES string of the molecule is CC(C)(C)OC(=O)Cc1cc(F)c([N+](=O)[O-])c(F)c1.Nc1c(F)cc(CCO)cc1F.O=C(O)Cc1cc(F)c([N+](=O)[O-])c(F)c1.O=[N+]([O-])c1c(F)cc(CCO)cc1F.O=[N+]([O-])c1c(F)cccc1F. The van der Waals surface area contributed by atoms with Crippen molar-refractivity contribution in [2.75, 3.05) is 18.9 Å². The molecule has 5 aromatic carbocycles. The molecule has 0 aliphatic carbocycles. The van der Waals surface area contributed by atoms with Gasteiger partial charge in [-0.25, -0.2) is 8.78 Å². The molecule has 5 aromatic rings. The molecule has 0 aromatic heterocycles. The molecule has 0 unspecified atom stereocenters. The first-order valence-corrected chi connectivity index (χ1v) is 19.2. The van der Waals surface area contributed by atoms with Crippen molar-refractivity contribution >= 4 is 40.4 Å². The number of nitrogens with zero attached hydrogens (tertiary/aromatic N) is 4. The zero-order valence-corrected chi connectivity index (χ0v) is 36.6. The Labute approximate surface area is 391 Å². The molecule has 0 atom stereocenters. The Hall–Kier alpha value is -8.34. The predicted molar refractivity (Wildman–Crippen MR) is 225 cm³/mol. The van der Waals surface area contributed by atoms with Crippen LogP contribution in [0.3, 0.4) is 0 Å². The van der Waals surface area contributed by atoms with Crippen molar-refractivity contribution in [3.8, 4) is 0 Å². The number of nitro benzene ring substituents is 4. The normalized spacial score (nSPS) is 10.4. The molecule has 0 aliphatic rings. The molecule has 0 spiro atoms. The number of nitro groups is 4. The Balaban J connectivity index is 0.000000449. The van der Waals surface area contributed by atoms with E-state index >= 15 is 0 Å². The number of aliphatic hydroxyl groups is 2. The molecule has 5 rings (SSSR count). The van der Waals surface area contributed by atoms with Gasteiger partial charge in [0, 0.05) is 13.2 Å². The summed E-state index contributed by atoms with van der Waals surface area (Å²) in [5.41, 5.74) is -0.512. The number of halogens is 10. The van der Waals surface area contributed by atoms with Gasteiger partial charge in [0.2, 0.25) is 46.5 Å². The molecular weight excluding hydrogens is 988 g/mol.